The van der Waals surface area contributed by atoms with E-state index in [2.05, 4.69) is 31.2 Å². The highest BCUT2D eigenvalue weighted by Gasteiger charge is 2.23. The average Bonchev–Trinajstić information content (AvgIpc) is 2.85. The number of rotatable bonds is 3. The lowest BCUT2D eigenvalue weighted by atomic mass is 10.1. The molecule has 1 fully saturated rings. The number of nitrogens with zero attached hydrogens (tertiary/aromatic N) is 4. The third-order valence-electron chi connectivity index (χ3n) is 5.38. The van der Waals surface area contributed by atoms with E-state index in [-0.39, 0.29) is 38.8 Å². The molecule has 4 rings (SSSR count). The van der Waals surface area contributed by atoms with Gasteiger partial charge in [0, 0.05) is 23.8 Å². The second-order valence-corrected chi connectivity index (χ2v) is 11.4. The van der Waals surface area contributed by atoms with Gasteiger partial charge in [-0.15, -0.1) is 0 Å². The van der Waals surface area contributed by atoms with E-state index in [0.717, 1.165) is 30.5 Å². The number of carbonyl (C=O) groups is 2. The first kappa shape index (κ1) is 30.4. The van der Waals surface area contributed by atoms with Gasteiger partial charge in [-0.05, 0) is 64.3 Å². The summed E-state index contributed by atoms with van der Waals surface area (Å²) in [5.74, 6) is -0.927. The molecule has 0 radical (unpaired) electrons. The normalized spacial score (nSPS) is 13.2. The number of piperidine rings is 1. The lowest BCUT2D eigenvalue weighted by Crippen LogP contribution is -2.39. The zero-order valence-electron chi connectivity index (χ0n) is 21.7. The van der Waals surface area contributed by atoms with Crippen LogP contribution >= 0.6 is 39.1 Å². The molecule has 1 aliphatic heterocycles. The standard InChI is InChI=1S/C16H10BrCl2N5O2.C10H19NO2/c17-8-4-10(18)13(11(19)5-8)24-7-22-14(20)12(16(24)26)15(25)23-9-2-1-3-21-6-9;1-10(2,3)13-9(12)11-7-5-4-6-8-11/h1-7H,20H2,(H,23,25);4-8H2,1-3H3. The smallest absolute Gasteiger partial charge is 0.410 e. The second kappa shape index (κ2) is 13.3. The lowest BCUT2D eigenvalue weighted by Gasteiger charge is -2.29. The number of halogens is 3. The molecule has 0 spiro atoms. The van der Waals surface area contributed by atoms with Crippen LogP contribution in [0.2, 0.25) is 10.0 Å². The van der Waals surface area contributed by atoms with E-state index in [1.165, 1.54) is 18.9 Å². The molecule has 1 saturated heterocycles. The first-order valence-corrected chi connectivity index (χ1v) is 13.6. The van der Waals surface area contributed by atoms with Crippen LogP contribution in [-0.4, -0.2) is 50.1 Å². The first-order valence-electron chi connectivity index (χ1n) is 12.1. The molecule has 208 valence electrons. The van der Waals surface area contributed by atoms with Gasteiger partial charge < -0.3 is 20.7 Å². The SMILES string of the molecule is CC(C)(C)OC(=O)N1CCCCC1.Nc1ncn(-c2c(Cl)cc(Br)cc2Cl)c(=O)c1C(=O)Nc1cccnc1. The minimum Gasteiger partial charge on any atom is -0.444 e. The Kier molecular flexibility index (Phi) is 10.3. The minimum absolute atomic E-state index is 0.160. The number of hydrogen-bond acceptors (Lipinski definition) is 7. The summed E-state index contributed by atoms with van der Waals surface area (Å²) in [6, 6.07) is 6.40. The number of anilines is 2. The van der Waals surface area contributed by atoms with Crippen molar-refractivity contribution in [2.24, 2.45) is 0 Å². The van der Waals surface area contributed by atoms with Crippen LogP contribution in [0.3, 0.4) is 0 Å². The number of hydrogen-bond donors (Lipinski definition) is 2. The van der Waals surface area contributed by atoms with Crippen molar-refractivity contribution in [3.05, 3.63) is 73.4 Å². The Morgan fingerprint density at radius 1 is 1.13 bits per heavy atom. The molecule has 0 unspecified atom stereocenters. The molecule has 0 bridgehead atoms. The highest BCUT2D eigenvalue weighted by atomic mass is 79.9. The number of pyridine rings is 1. The lowest BCUT2D eigenvalue weighted by molar-refractivity contribution is 0.0216. The summed E-state index contributed by atoms with van der Waals surface area (Å²) in [7, 11) is 0. The quantitative estimate of drug-likeness (QED) is 0.362. The van der Waals surface area contributed by atoms with Crippen LogP contribution in [0.15, 0.2) is 52.3 Å². The van der Waals surface area contributed by atoms with E-state index < -0.39 is 11.5 Å². The molecule has 3 N–H and O–H groups in total. The number of nitrogens with one attached hydrogen (secondary N) is 1. The third kappa shape index (κ3) is 8.42. The van der Waals surface area contributed by atoms with Crippen molar-refractivity contribution in [3.8, 4) is 5.69 Å². The van der Waals surface area contributed by atoms with Crippen molar-refractivity contribution in [2.45, 2.75) is 45.6 Å². The van der Waals surface area contributed by atoms with E-state index in [4.69, 9.17) is 33.7 Å². The van der Waals surface area contributed by atoms with Crippen LogP contribution in [-0.2, 0) is 4.74 Å². The number of amides is 2. The summed E-state index contributed by atoms with van der Waals surface area (Å²) in [5.41, 5.74) is 4.96. The van der Waals surface area contributed by atoms with E-state index in [9.17, 15) is 14.4 Å². The van der Waals surface area contributed by atoms with E-state index in [0.29, 0.717) is 10.2 Å². The second-order valence-electron chi connectivity index (χ2n) is 9.62. The predicted octanol–water partition coefficient (Wildman–Crippen LogP) is 5.94. The van der Waals surface area contributed by atoms with Gasteiger partial charge in [-0.25, -0.2) is 9.78 Å². The summed E-state index contributed by atoms with van der Waals surface area (Å²) in [6.45, 7) is 7.41. The van der Waals surface area contributed by atoms with E-state index >= 15 is 0 Å². The zero-order chi connectivity index (χ0) is 28.7. The van der Waals surface area contributed by atoms with Crippen LogP contribution in [0.1, 0.15) is 50.4 Å². The van der Waals surface area contributed by atoms with Gasteiger partial charge in [0.05, 0.1) is 27.6 Å². The molecule has 13 heteroatoms. The molecule has 3 aromatic rings. The molecular formula is C26H29BrCl2N6O4. The number of likely N-dealkylation sites (tertiary alicyclic amines) is 1. The largest absolute Gasteiger partial charge is 0.444 e. The Hall–Kier alpha value is -3.15. The topological polar surface area (TPSA) is 132 Å². The molecule has 2 aromatic heterocycles. The monoisotopic (exact) mass is 638 g/mol. The van der Waals surface area contributed by atoms with Crippen molar-refractivity contribution in [1.29, 1.82) is 0 Å². The van der Waals surface area contributed by atoms with Gasteiger partial charge in [0.25, 0.3) is 11.5 Å². The van der Waals surface area contributed by atoms with Crippen molar-refractivity contribution in [1.82, 2.24) is 19.4 Å². The van der Waals surface area contributed by atoms with E-state index in [1.54, 1.807) is 35.4 Å². The Bertz CT molecular complexity index is 1370. The van der Waals surface area contributed by atoms with Crippen molar-refractivity contribution >= 4 is 62.6 Å². The summed E-state index contributed by atoms with van der Waals surface area (Å²) < 4.78 is 6.98. The molecule has 0 aliphatic carbocycles. The first-order chi connectivity index (χ1) is 18.4. The molecule has 10 nitrogen and oxygen atoms in total. The Labute approximate surface area is 244 Å². The Morgan fingerprint density at radius 3 is 2.33 bits per heavy atom. The molecular weight excluding hydrogens is 611 g/mol. The molecule has 0 atom stereocenters. The summed E-state index contributed by atoms with van der Waals surface area (Å²) >= 11 is 15.7. The molecule has 1 aromatic carbocycles. The minimum atomic E-state index is -0.716. The maximum atomic E-state index is 12.8. The van der Waals surface area contributed by atoms with Crippen LogP contribution in [0, 0.1) is 0 Å². The Morgan fingerprint density at radius 2 is 1.77 bits per heavy atom. The summed E-state index contributed by atoms with van der Waals surface area (Å²) in [4.78, 5) is 46.5. The zero-order valence-corrected chi connectivity index (χ0v) is 24.8. The van der Waals surface area contributed by atoms with E-state index in [1.807, 2.05) is 20.8 Å². The summed E-state index contributed by atoms with van der Waals surface area (Å²) in [6.07, 6.45) is 7.45. The van der Waals surface area contributed by atoms with Gasteiger partial charge >= 0.3 is 6.09 Å². The average molecular weight is 640 g/mol. The fourth-order valence-corrected chi connectivity index (χ4v) is 5.03. The van der Waals surface area contributed by atoms with Crippen LogP contribution in [0.5, 0.6) is 0 Å². The fourth-order valence-electron chi connectivity index (χ4n) is 3.64. The number of benzene rings is 1. The van der Waals surface area contributed by atoms with Crippen molar-refractivity contribution < 1.29 is 14.3 Å². The van der Waals surface area contributed by atoms with Crippen LogP contribution < -0.4 is 16.6 Å². The highest BCUT2D eigenvalue weighted by Crippen LogP contribution is 2.31. The maximum absolute atomic E-state index is 12.8. The van der Waals surface area contributed by atoms with Gasteiger partial charge in [-0.1, -0.05) is 39.1 Å². The summed E-state index contributed by atoms with van der Waals surface area (Å²) in [5, 5.41) is 2.96. The third-order valence-corrected chi connectivity index (χ3v) is 6.41. The van der Waals surface area contributed by atoms with Crippen molar-refractivity contribution in [2.75, 3.05) is 24.1 Å². The molecule has 3 heterocycles. The Balaban J connectivity index is 0.000000272. The van der Waals surface area contributed by atoms with Crippen molar-refractivity contribution in [3.63, 3.8) is 0 Å². The molecule has 0 saturated carbocycles. The van der Waals surface area contributed by atoms with Crippen LogP contribution in [0.4, 0.5) is 16.3 Å². The number of nitrogen functional groups attached to an aromatic ring is 1. The molecule has 1 aliphatic rings. The van der Waals surface area contributed by atoms with Gasteiger partial charge in [0.1, 0.15) is 23.3 Å². The molecule has 39 heavy (non-hydrogen) atoms. The molecule has 2 amide bonds. The highest BCUT2D eigenvalue weighted by molar-refractivity contribution is 9.10. The fraction of sp³-hybridized carbons (Fsp3) is 0.346. The number of ether oxygens (including phenoxy) is 1. The predicted molar refractivity (Wildman–Crippen MR) is 156 cm³/mol. The van der Waals surface area contributed by atoms with Gasteiger partial charge in [0.2, 0.25) is 0 Å². The van der Waals surface area contributed by atoms with Crippen LogP contribution in [0.25, 0.3) is 5.69 Å². The number of nitrogens with two attached hydrogens (primary N) is 1. The maximum Gasteiger partial charge on any atom is 0.410 e. The number of carbonyl (C=O) groups excluding carboxylic acids is 2. The van der Waals surface area contributed by atoms with Gasteiger partial charge in [-0.3, -0.25) is 19.1 Å². The van der Waals surface area contributed by atoms with Gasteiger partial charge in [-0.2, -0.15) is 0 Å². The number of aromatic nitrogens is 3. The van der Waals surface area contributed by atoms with Gasteiger partial charge in [0.15, 0.2) is 0 Å².